The lowest BCUT2D eigenvalue weighted by molar-refractivity contribution is 0.0786. The molecule has 0 radical (unpaired) electrons. The highest BCUT2D eigenvalue weighted by atomic mass is 35.5. The van der Waals surface area contributed by atoms with E-state index >= 15 is 0 Å². The molecule has 0 bridgehead atoms. The van der Waals surface area contributed by atoms with E-state index in [2.05, 4.69) is 10.3 Å². The van der Waals surface area contributed by atoms with Crippen LogP contribution in [0.3, 0.4) is 0 Å². The van der Waals surface area contributed by atoms with Gasteiger partial charge in [0.15, 0.2) is 11.6 Å². The number of halogens is 1. The van der Waals surface area contributed by atoms with Crippen molar-refractivity contribution in [1.29, 1.82) is 0 Å². The van der Waals surface area contributed by atoms with E-state index in [1.807, 2.05) is 17.0 Å². The number of ether oxygens (including phenoxy) is 1. The molecule has 0 atom stereocenters. The minimum absolute atomic E-state index is 0.281. The molecule has 2 heterocycles. The Bertz CT molecular complexity index is 1080. The van der Waals surface area contributed by atoms with E-state index in [-0.39, 0.29) is 5.91 Å². The van der Waals surface area contributed by atoms with Crippen LogP contribution >= 0.6 is 11.6 Å². The standard InChI is InChI=1S/C23H22ClN3O3/c1-23(2,29)15-8-10-16(11-9-15)26-22(28)17-5-3-7-19-20(17)30-14-13-27(19)21-18(24)6-4-12-25-21/h3-12,29H,13-14H2,1-2H3,(H,26,28). The molecule has 0 saturated heterocycles. The smallest absolute Gasteiger partial charge is 0.259 e. The van der Waals surface area contributed by atoms with E-state index in [1.54, 1.807) is 62.5 Å². The number of pyridine rings is 1. The number of aliphatic hydroxyl groups is 1. The summed E-state index contributed by atoms with van der Waals surface area (Å²) < 4.78 is 5.86. The number of amides is 1. The van der Waals surface area contributed by atoms with Crippen LogP contribution in [0.4, 0.5) is 17.2 Å². The van der Waals surface area contributed by atoms with Crippen LogP contribution in [0.15, 0.2) is 60.8 Å². The van der Waals surface area contributed by atoms with Crippen LogP contribution in [0.5, 0.6) is 5.75 Å². The quantitative estimate of drug-likeness (QED) is 0.633. The Balaban J connectivity index is 1.62. The van der Waals surface area contributed by atoms with Crippen molar-refractivity contribution in [2.75, 3.05) is 23.4 Å². The minimum Gasteiger partial charge on any atom is -0.489 e. The fourth-order valence-corrected chi connectivity index (χ4v) is 3.61. The first-order valence-electron chi connectivity index (χ1n) is 9.63. The van der Waals surface area contributed by atoms with Gasteiger partial charge < -0.3 is 20.1 Å². The van der Waals surface area contributed by atoms with Crippen LogP contribution in [0, 0.1) is 0 Å². The van der Waals surface area contributed by atoms with Crippen molar-refractivity contribution in [2.24, 2.45) is 0 Å². The second-order valence-electron chi connectivity index (χ2n) is 7.55. The predicted octanol–water partition coefficient (Wildman–Crippen LogP) is 4.75. The van der Waals surface area contributed by atoms with Crippen molar-refractivity contribution < 1.29 is 14.6 Å². The fraction of sp³-hybridized carbons (Fsp3) is 0.217. The van der Waals surface area contributed by atoms with Crippen LogP contribution in [-0.4, -0.2) is 29.1 Å². The molecule has 2 aromatic carbocycles. The van der Waals surface area contributed by atoms with Gasteiger partial charge in [0.1, 0.15) is 6.61 Å². The monoisotopic (exact) mass is 423 g/mol. The second kappa shape index (κ2) is 7.97. The number of aromatic nitrogens is 1. The highest BCUT2D eigenvalue weighted by Gasteiger charge is 2.26. The summed E-state index contributed by atoms with van der Waals surface area (Å²) in [5, 5.41) is 13.5. The first-order valence-corrected chi connectivity index (χ1v) is 10.0. The number of para-hydroxylation sites is 1. The average Bonchev–Trinajstić information content (AvgIpc) is 2.73. The number of rotatable bonds is 4. The first-order chi connectivity index (χ1) is 14.3. The molecule has 3 aromatic rings. The number of nitrogens with zero attached hydrogens (tertiary/aromatic N) is 2. The van der Waals surface area contributed by atoms with Gasteiger partial charge in [-0.05, 0) is 55.8 Å². The molecule has 1 aliphatic heterocycles. The Morgan fingerprint density at radius 1 is 1.17 bits per heavy atom. The van der Waals surface area contributed by atoms with Crippen molar-refractivity contribution in [1.82, 2.24) is 4.98 Å². The molecule has 4 rings (SSSR count). The van der Waals surface area contributed by atoms with E-state index in [4.69, 9.17) is 16.3 Å². The van der Waals surface area contributed by atoms with Gasteiger partial charge >= 0.3 is 0 Å². The van der Waals surface area contributed by atoms with Gasteiger partial charge in [-0.15, -0.1) is 0 Å². The third-order valence-electron chi connectivity index (χ3n) is 4.93. The van der Waals surface area contributed by atoms with Crippen LogP contribution in [0.1, 0.15) is 29.8 Å². The van der Waals surface area contributed by atoms with E-state index in [9.17, 15) is 9.90 Å². The topological polar surface area (TPSA) is 74.7 Å². The zero-order valence-corrected chi connectivity index (χ0v) is 17.5. The van der Waals surface area contributed by atoms with Gasteiger partial charge in [0.25, 0.3) is 5.91 Å². The Kier molecular flexibility index (Phi) is 5.37. The van der Waals surface area contributed by atoms with Gasteiger partial charge in [0.2, 0.25) is 0 Å². The number of benzene rings is 2. The first kappa shape index (κ1) is 20.2. The SMILES string of the molecule is CC(C)(O)c1ccc(NC(=O)c2cccc3c2OCCN3c2ncccc2Cl)cc1. The molecule has 6 nitrogen and oxygen atoms in total. The van der Waals surface area contributed by atoms with Gasteiger partial charge in [-0.25, -0.2) is 4.98 Å². The van der Waals surface area contributed by atoms with E-state index in [0.29, 0.717) is 41.0 Å². The predicted molar refractivity (Wildman–Crippen MR) is 118 cm³/mol. The molecular formula is C23H22ClN3O3. The van der Waals surface area contributed by atoms with E-state index in [1.165, 1.54) is 0 Å². The van der Waals surface area contributed by atoms with Crippen molar-refractivity contribution >= 4 is 34.7 Å². The molecule has 0 fully saturated rings. The van der Waals surface area contributed by atoms with Crippen molar-refractivity contribution in [3.05, 3.63) is 76.9 Å². The molecule has 0 spiro atoms. The summed E-state index contributed by atoms with van der Waals surface area (Å²) in [5.41, 5.74) is 1.63. The largest absolute Gasteiger partial charge is 0.489 e. The third kappa shape index (κ3) is 3.97. The van der Waals surface area contributed by atoms with Gasteiger partial charge in [-0.1, -0.05) is 29.8 Å². The molecule has 1 aromatic heterocycles. The Labute approximate surface area is 180 Å². The van der Waals surface area contributed by atoms with Gasteiger partial charge in [0.05, 0.1) is 28.4 Å². The Morgan fingerprint density at radius 3 is 2.63 bits per heavy atom. The van der Waals surface area contributed by atoms with Crippen molar-refractivity contribution in [3.63, 3.8) is 0 Å². The molecule has 7 heteroatoms. The third-order valence-corrected chi connectivity index (χ3v) is 5.23. The van der Waals surface area contributed by atoms with Crippen LogP contribution < -0.4 is 15.0 Å². The van der Waals surface area contributed by atoms with Crippen LogP contribution in [0.2, 0.25) is 5.02 Å². The molecule has 2 N–H and O–H groups in total. The van der Waals surface area contributed by atoms with Crippen LogP contribution in [-0.2, 0) is 5.60 Å². The number of carbonyl (C=O) groups excluding carboxylic acids is 1. The average molecular weight is 424 g/mol. The summed E-state index contributed by atoms with van der Waals surface area (Å²) in [7, 11) is 0. The van der Waals surface area contributed by atoms with Gasteiger partial charge in [-0.2, -0.15) is 0 Å². The summed E-state index contributed by atoms with van der Waals surface area (Å²) in [6, 6.07) is 16.1. The summed E-state index contributed by atoms with van der Waals surface area (Å²) in [4.78, 5) is 19.3. The highest BCUT2D eigenvalue weighted by Crippen LogP contribution is 2.40. The lowest BCUT2D eigenvalue weighted by Crippen LogP contribution is -2.30. The normalized spacial score (nSPS) is 13.4. The maximum absolute atomic E-state index is 13.0. The molecule has 0 unspecified atom stereocenters. The molecule has 0 saturated carbocycles. The molecular weight excluding hydrogens is 402 g/mol. The lowest BCUT2D eigenvalue weighted by Gasteiger charge is -2.31. The molecule has 154 valence electrons. The van der Waals surface area contributed by atoms with Gasteiger partial charge in [-0.3, -0.25) is 4.79 Å². The Morgan fingerprint density at radius 2 is 1.93 bits per heavy atom. The number of nitrogens with one attached hydrogen (secondary N) is 1. The van der Waals surface area contributed by atoms with E-state index in [0.717, 1.165) is 11.3 Å². The summed E-state index contributed by atoms with van der Waals surface area (Å²) in [6.45, 7) is 4.42. The number of hydrogen-bond donors (Lipinski definition) is 2. The van der Waals surface area contributed by atoms with Crippen molar-refractivity contribution in [3.8, 4) is 5.75 Å². The molecule has 0 aliphatic carbocycles. The number of anilines is 3. The van der Waals surface area contributed by atoms with E-state index < -0.39 is 5.60 Å². The highest BCUT2D eigenvalue weighted by molar-refractivity contribution is 6.33. The summed E-state index contributed by atoms with van der Waals surface area (Å²) in [6.07, 6.45) is 1.68. The van der Waals surface area contributed by atoms with Crippen LogP contribution in [0.25, 0.3) is 0 Å². The maximum atomic E-state index is 13.0. The second-order valence-corrected chi connectivity index (χ2v) is 7.96. The maximum Gasteiger partial charge on any atom is 0.259 e. The van der Waals surface area contributed by atoms with Crippen molar-refractivity contribution in [2.45, 2.75) is 19.4 Å². The molecule has 30 heavy (non-hydrogen) atoms. The number of fused-ring (bicyclic) bond motifs is 1. The zero-order valence-electron chi connectivity index (χ0n) is 16.7. The lowest BCUT2D eigenvalue weighted by atomic mass is 9.98. The summed E-state index contributed by atoms with van der Waals surface area (Å²) >= 11 is 6.34. The number of hydrogen-bond acceptors (Lipinski definition) is 5. The molecule has 1 amide bonds. The minimum atomic E-state index is -0.939. The summed E-state index contributed by atoms with van der Waals surface area (Å²) in [5.74, 6) is 0.844. The fourth-order valence-electron chi connectivity index (χ4n) is 3.38. The Hall–Kier alpha value is -3.09. The molecule has 1 aliphatic rings. The van der Waals surface area contributed by atoms with Gasteiger partial charge in [0, 0.05) is 11.9 Å². The zero-order chi connectivity index (χ0) is 21.3. The number of carbonyl (C=O) groups is 1.